The normalized spacial score (nSPS) is 16.6. The van der Waals surface area contributed by atoms with E-state index < -0.39 is 0 Å². The predicted molar refractivity (Wildman–Crippen MR) is 93.3 cm³/mol. The number of rotatable bonds is 1. The van der Waals surface area contributed by atoms with Crippen LogP contribution in [0.2, 0.25) is 0 Å². The zero-order valence-corrected chi connectivity index (χ0v) is 14.4. The number of nitrogens with one attached hydrogen (secondary N) is 2. The van der Waals surface area contributed by atoms with Gasteiger partial charge in [-0.05, 0) is 53.8 Å². The van der Waals surface area contributed by atoms with Crippen LogP contribution >= 0.6 is 22.6 Å². The number of hydrogen-bond acceptors (Lipinski definition) is 4. The first-order chi connectivity index (χ1) is 10.6. The topological polar surface area (TPSA) is 71.4 Å². The van der Waals surface area contributed by atoms with Crippen molar-refractivity contribution in [2.24, 2.45) is 0 Å². The van der Waals surface area contributed by atoms with Crippen molar-refractivity contribution in [3.63, 3.8) is 0 Å². The van der Waals surface area contributed by atoms with E-state index >= 15 is 0 Å². The summed E-state index contributed by atoms with van der Waals surface area (Å²) in [5.74, 6) is 2.01. The molecule has 3 aromatic rings. The van der Waals surface area contributed by atoms with E-state index in [1.165, 1.54) is 3.57 Å². The van der Waals surface area contributed by atoms with Gasteiger partial charge < -0.3 is 5.32 Å². The lowest BCUT2D eigenvalue weighted by Gasteiger charge is -2.11. The Morgan fingerprint density at radius 2 is 2.14 bits per heavy atom. The number of aromatic amines is 1. The van der Waals surface area contributed by atoms with Crippen LogP contribution in [0.25, 0.3) is 17.2 Å². The average Bonchev–Trinajstić information content (AvgIpc) is 3.08. The van der Waals surface area contributed by atoms with Crippen molar-refractivity contribution < 1.29 is 0 Å². The Kier molecular flexibility index (Phi) is 3.17. The van der Waals surface area contributed by atoms with Crippen LogP contribution in [0.5, 0.6) is 0 Å². The van der Waals surface area contributed by atoms with Gasteiger partial charge in [0.2, 0.25) is 0 Å². The number of H-pyrrole nitrogens is 1. The quantitative estimate of drug-likeness (QED) is 0.610. The molecular formula is C15H15IN6. The highest BCUT2D eigenvalue weighted by Gasteiger charge is 2.25. The molecule has 1 atom stereocenters. The molecule has 7 heteroatoms. The monoisotopic (exact) mass is 406 g/mol. The zero-order chi connectivity index (χ0) is 15.3. The van der Waals surface area contributed by atoms with Gasteiger partial charge in [0.15, 0.2) is 5.82 Å². The van der Waals surface area contributed by atoms with Gasteiger partial charge in [0.1, 0.15) is 11.5 Å². The van der Waals surface area contributed by atoms with Gasteiger partial charge in [-0.15, -0.1) is 10.2 Å². The van der Waals surface area contributed by atoms with Gasteiger partial charge in [-0.2, -0.15) is 5.10 Å². The molecule has 22 heavy (non-hydrogen) atoms. The lowest BCUT2D eigenvalue weighted by molar-refractivity contribution is 0.725. The first-order valence-corrected chi connectivity index (χ1v) is 8.23. The molecule has 1 aliphatic heterocycles. The van der Waals surface area contributed by atoms with E-state index in [0.717, 1.165) is 41.0 Å². The molecule has 4 rings (SSSR count). The van der Waals surface area contributed by atoms with Crippen molar-refractivity contribution in [3.8, 4) is 17.2 Å². The van der Waals surface area contributed by atoms with Crippen LogP contribution in [-0.4, -0.2) is 31.5 Å². The third-order valence-corrected chi connectivity index (χ3v) is 4.53. The second-order valence-corrected chi connectivity index (χ2v) is 6.84. The van der Waals surface area contributed by atoms with Crippen LogP contribution in [0.15, 0.2) is 24.3 Å². The van der Waals surface area contributed by atoms with Crippen LogP contribution in [0.3, 0.4) is 0 Å². The highest BCUT2D eigenvalue weighted by molar-refractivity contribution is 14.1. The molecule has 0 spiro atoms. The lowest BCUT2D eigenvalue weighted by Crippen LogP contribution is -2.09. The summed E-state index contributed by atoms with van der Waals surface area (Å²) in [6.45, 7) is 4.98. The van der Waals surface area contributed by atoms with Gasteiger partial charge in [0, 0.05) is 21.7 Å². The predicted octanol–water partition coefficient (Wildman–Crippen LogP) is 3.10. The second-order valence-electron chi connectivity index (χ2n) is 5.60. The summed E-state index contributed by atoms with van der Waals surface area (Å²) in [6, 6.07) is 8.35. The Labute approximate surface area is 141 Å². The zero-order valence-electron chi connectivity index (χ0n) is 12.3. The van der Waals surface area contributed by atoms with E-state index in [9.17, 15) is 0 Å². The number of benzene rings is 1. The molecule has 112 valence electrons. The molecule has 0 aliphatic carbocycles. The molecule has 1 aliphatic rings. The largest absolute Gasteiger partial charge is 0.383 e. The second kappa shape index (κ2) is 5.08. The van der Waals surface area contributed by atoms with Gasteiger partial charge in [-0.1, -0.05) is 6.92 Å². The highest BCUT2D eigenvalue weighted by atomic mass is 127. The van der Waals surface area contributed by atoms with E-state index in [0.29, 0.717) is 0 Å². The molecule has 0 saturated heterocycles. The SMILES string of the molecule is Cc1cc(-c2nnc3n2-c2ccc(I)cc2NCC3C)n[nH]1. The molecule has 0 saturated carbocycles. The third-order valence-electron chi connectivity index (χ3n) is 3.86. The fraction of sp³-hybridized carbons (Fsp3) is 0.267. The maximum absolute atomic E-state index is 4.42. The summed E-state index contributed by atoms with van der Waals surface area (Å²) in [6.07, 6.45) is 0. The molecule has 2 N–H and O–H groups in total. The molecule has 2 aromatic heterocycles. The minimum absolute atomic E-state index is 0.270. The van der Waals surface area contributed by atoms with Crippen molar-refractivity contribution in [1.29, 1.82) is 0 Å². The standard InChI is InChI=1S/C15H15IN6/c1-8-7-17-11-6-10(16)3-4-13(11)22-14(8)20-21-15(22)12-5-9(2)18-19-12/h3-6,8,17H,7H2,1-2H3,(H,18,19). The Morgan fingerprint density at radius 3 is 2.91 bits per heavy atom. The Morgan fingerprint density at radius 1 is 1.27 bits per heavy atom. The molecule has 3 heterocycles. The molecule has 0 amide bonds. The summed E-state index contributed by atoms with van der Waals surface area (Å²) >= 11 is 2.33. The van der Waals surface area contributed by atoms with Crippen LogP contribution in [-0.2, 0) is 0 Å². The first kappa shape index (κ1) is 13.7. The molecular weight excluding hydrogens is 391 g/mol. The maximum atomic E-state index is 4.42. The highest BCUT2D eigenvalue weighted by Crippen LogP contribution is 2.33. The average molecular weight is 406 g/mol. The van der Waals surface area contributed by atoms with Crippen molar-refractivity contribution in [2.75, 3.05) is 11.9 Å². The van der Waals surface area contributed by atoms with Gasteiger partial charge >= 0.3 is 0 Å². The summed E-state index contributed by atoms with van der Waals surface area (Å²) < 4.78 is 3.32. The lowest BCUT2D eigenvalue weighted by atomic mass is 10.1. The van der Waals surface area contributed by atoms with Crippen molar-refractivity contribution in [3.05, 3.63) is 39.4 Å². The fourth-order valence-corrected chi connectivity index (χ4v) is 3.24. The van der Waals surface area contributed by atoms with Gasteiger partial charge in [0.25, 0.3) is 0 Å². The molecule has 6 nitrogen and oxygen atoms in total. The van der Waals surface area contributed by atoms with Gasteiger partial charge in [-0.3, -0.25) is 9.67 Å². The van der Waals surface area contributed by atoms with Crippen molar-refractivity contribution in [1.82, 2.24) is 25.0 Å². The van der Waals surface area contributed by atoms with Crippen LogP contribution in [0.1, 0.15) is 24.4 Å². The molecule has 0 bridgehead atoms. The van der Waals surface area contributed by atoms with Gasteiger partial charge in [0.05, 0.1) is 11.4 Å². The van der Waals surface area contributed by atoms with E-state index in [2.05, 4.69) is 78.0 Å². The van der Waals surface area contributed by atoms with Crippen molar-refractivity contribution >= 4 is 28.3 Å². The number of halogens is 1. The molecule has 1 aromatic carbocycles. The minimum Gasteiger partial charge on any atom is -0.383 e. The number of anilines is 1. The van der Waals surface area contributed by atoms with Crippen LogP contribution in [0, 0.1) is 10.5 Å². The van der Waals surface area contributed by atoms with Crippen LogP contribution < -0.4 is 5.32 Å². The summed E-state index contributed by atoms with van der Waals surface area (Å²) in [5, 5.41) is 19.6. The molecule has 1 unspecified atom stereocenters. The van der Waals surface area contributed by atoms with Crippen LogP contribution in [0.4, 0.5) is 5.69 Å². The van der Waals surface area contributed by atoms with E-state index in [1.807, 2.05) is 13.0 Å². The fourth-order valence-electron chi connectivity index (χ4n) is 2.75. The van der Waals surface area contributed by atoms with Crippen molar-refractivity contribution in [2.45, 2.75) is 19.8 Å². The number of hydrogen-bond donors (Lipinski definition) is 2. The number of aryl methyl sites for hydroxylation is 1. The first-order valence-electron chi connectivity index (χ1n) is 7.15. The van der Waals surface area contributed by atoms with E-state index in [-0.39, 0.29) is 5.92 Å². The minimum atomic E-state index is 0.270. The number of fused-ring (bicyclic) bond motifs is 3. The van der Waals surface area contributed by atoms with E-state index in [1.54, 1.807) is 0 Å². The molecule has 0 fully saturated rings. The molecule has 0 radical (unpaired) electrons. The maximum Gasteiger partial charge on any atom is 0.189 e. The summed E-state index contributed by atoms with van der Waals surface area (Å²) in [7, 11) is 0. The number of aromatic nitrogens is 5. The number of nitrogens with zero attached hydrogens (tertiary/aromatic N) is 4. The third kappa shape index (κ3) is 2.11. The smallest absolute Gasteiger partial charge is 0.189 e. The summed E-state index contributed by atoms with van der Waals surface area (Å²) in [5.41, 5.74) is 4.00. The Bertz CT molecular complexity index is 850. The summed E-state index contributed by atoms with van der Waals surface area (Å²) in [4.78, 5) is 0. The Hall–Kier alpha value is -1.90. The van der Waals surface area contributed by atoms with E-state index in [4.69, 9.17) is 0 Å². The Balaban J connectivity index is 1.99. The van der Waals surface area contributed by atoms with Gasteiger partial charge in [-0.25, -0.2) is 0 Å².